The number of H-pyrrole nitrogens is 1. The quantitative estimate of drug-likeness (QED) is 0.541. The molecular weight excluding hydrogens is 491 g/mol. The van der Waals surface area contributed by atoms with Gasteiger partial charge in [0.15, 0.2) is 0 Å². The van der Waals surface area contributed by atoms with Crippen LogP contribution in [0.2, 0.25) is 0 Å². The molecule has 2 aromatic rings. The van der Waals surface area contributed by atoms with Crippen LogP contribution in [0, 0.1) is 19.8 Å². The predicted molar refractivity (Wildman–Crippen MR) is 119 cm³/mol. The van der Waals surface area contributed by atoms with Gasteiger partial charge in [0.05, 0.1) is 6.61 Å². The minimum absolute atomic E-state index is 0.0258. The van der Waals surface area contributed by atoms with Crippen LogP contribution < -0.4 is 10.1 Å². The van der Waals surface area contributed by atoms with Gasteiger partial charge in [0, 0.05) is 36.1 Å². The zero-order valence-corrected chi connectivity index (χ0v) is 20.2. The third-order valence-electron chi connectivity index (χ3n) is 5.58. The smallest absolute Gasteiger partial charge is 0.462 e. The minimum Gasteiger partial charge on any atom is -0.462 e. The monoisotopic (exact) mass is 517 g/mol. The van der Waals surface area contributed by atoms with Crippen LogP contribution in [-0.2, 0) is 19.6 Å². The van der Waals surface area contributed by atoms with Crippen molar-refractivity contribution in [3.63, 3.8) is 0 Å². The molecular formula is C22H26F3N3O6S. The maximum Gasteiger partial charge on any atom is 0.573 e. The lowest BCUT2D eigenvalue weighted by Crippen LogP contribution is -2.41. The number of ether oxygens (including phenoxy) is 2. The van der Waals surface area contributed by atoms with E-state index in [1.807, 2.05) is 0 Å². The second-order valence-corrected chi connectivity index (χ2v) is 9.91. The number of alkyl halides is 3. The number of nitrogens with zero attached hydrogens (tertiary/aromatic N) is 1. The number of amides is 1. The summed E-state index contributed by atoms with van der Waals surface area (Å²) in [4.78, 5) is 27.8. The maximum atomic E-state index is 13.4. The van der Waals surface area contributed by atoms with Gasteiger partial charge in [-0.25, -0.2) is 13.2 Å². The first kappa shape index (κ1) is 26.5. The van der Waals surface area contributed by atoms with Crippen molar-refractivity contribution in [2.75, 3.05) is 25.0 Å². The van der Waals surface area contributed by atoms with Gasteiger partial charge in [0.25, 0.3) is 0 Å². The molecule has 2 heterocycles. The van der Waals surface area contributed by atoms with E-state index in [0.29, 0.717) is 11.4 Å². The number of aromatic nitrogens is 1. The molecule has 1 saturated heterocycles. The molecule has 0 atom stereocenters. The molecule has 0 spiro atoms. The van der Waals surface area contributed by atoms with Crippen LogP contribution in [0.3, 0.4) is 0 Å². The standard InChI is InChI=1S/C22H26F3N3O6S/c1-4-33-21(30)18-13(2)26-14(3)19(18)35(31,32)28-11-9-15(10-12-28)20(29)27-16-5-7-17(8-6-16)34-22(23,24)25/h5-8,15,26H,4,9-12H2,1-3H3,(H,27,29). The molecule has 0 unspecified atom stereocenters. The molecule has 1 aromatic heterocycles. The van der Waals surface area contributed by atoms with Crippen LogP contribution >= 0.6 is 0 Å². The number of hydrogen-bond acceptors (Lipinski definition) is 6. The topological polar surface area (TPSA) is 118 Å². The molecule has 3 rings (SSSR count). The van der Waals surface area contributed by atoms with E-state index in [9.17, 15) is 31.2 Å². The Morgan fingerprint density at radius 2 is 1.71 bits per heavy atom. The molecule has 0 bridgehead atoms. The first-order valence-electron chi connectivity index (χ1n) is 10.9. The van der Waals surface area contributed by atoms with Crippen LogP contribution in [0.5, 0.6) is 5.75 Å². The van der Waals surface area contributed by atoms with Gasteiger partial charge in [-0.1, -0.05) is 0 Å². The van der Waals surface area contributed by atoms with Gasteiger partial charge in [-0.3, -0.25) is 4.79 Å². The highest BCUT2D eigenvalue weighted by Crippen LogP contribution is 2.31. The normalized spacial score (nSPS) is 15.6. The summed E-state index contributed by atoms with van der Waals surface area (Å²) in [5, 5.41) is 2.63. The van der Waals surface area contributed by atoms with Gasteiger partial charge in [-0.05, 0) is 57.9 Å². The summed E-state index contributed by atoms with van der Waals surface area (Å²) < 4.78 is 73.6. The number of sulfonamides is 1. The van der Waals surface area contributed by atoms with Crippen LogP contribution in [0.25, 0.3) is 0 Å². The number of piperidine rings is 1. The molecule has 1 amide bonds. The number of benzene rings is 1. The highest BCUT2D eigenvalue weighted by atomic mass is 32.2. The highest BCUT2D eigenvalue weighted by molar-refractivity contribution is 7.89. The number of carbonyl (C=O) groups is 2. The third kappa shape index (κ3) is 6.14. The number of nitrogens with one attached hydrogen (secondary N) is 2. The van der Waals surface area contributed by atoms with Crippen molar-refractivity contribution in [2.24, 2.45) is 5.92 Å². The van der Waals surface area contributed by atoms with Gasteiger partial charge in [0.2, 0.25) is 15.9 Å². The Morgan fingerprint density at radius 1 is 1.11 bits per heavy atom. The number of hydrogen-bond donors (Lipinski definition) is 2. The molecule has 1 aliphatic heterocycles. The Hall–Kier alpha value is -3.06. The molecule has 9 nitrogen and oxygen atoms in total. The molecule has 0 aliphatic carbocycles. The van der Waals surface area contributed by atoms with E-state index >= 15 is 0 Å². The Labute approximate surface area is 200 Å². The lowest BCUT2D eigenvalue weighted by molar-refractivity contribution is -0.274. The van der Waals surface area contributed by atoms with E-state index in [2.05, 4.69) is 15.0 Å². The van der Waals surface area contributed by atoms with Crippen molar-refractivity contribution in [1.29, 1.82) is 0 Å². The fourth-order valence-electron chi connectivity index (χ4n) is 4.00. The second kappa shape index (κ2) is 10.3. The zero-order chi connectivity index (χ0) is 26.0. The molecule has 2 N–H and O–H groups in total. The molecule has 192 valence electrons. The molecule has 1 aliphatic rings. The average Bonchev–Trinajstić information content (AvgIpc) is 3.08. The van der Waals surface area contributed by atoms with E-state index in [1.54, 1.807) is 20.8 Å². The van der Waals surface area contributed by atoms with Crippen molar-refractivity contribution in [3.8, 4) is 5.75 Å². The Morgan fingerprint density at radius 3 is 2.26 bits per heavy atom. The third-order valence-corrected chi connectivity index (χ3v) is 7.65. The SMILES string of the molecule is CCOC(=O)c1c(C)[nH]c(C)c1S(=O)(=O)N1CCC(C(=O)Nc2ccc(OC(F)(F)F)cc2)CC1. The predicted octanol–water partition coefficient (Wildman–Crippen LogP) is 3.75. The Bertz CT molecular complexity index is 1180. The Kier molecular flexibility index (Phi) is 7.80. The molecule has 13 heteroatoms. The van der Waals surface area contributed by atoms with E-state index in [4.69, 9.17) is 4.74 Å². The van der Waals surface area contributed by atoms with Crippen molar-refractivity contribution >= 4 is 27.6 Å². The van der Waals surface area contributed by atoms with Crippen LogP contribution in [0.4, 0.5) is 18.9 Å². The lowest BCUT2D eigenvalue weighted by atomic mass is 9.97. The van der Waals surface area contributed by atoms with Crippen molar-refractivity contribution in [2.45, 2.75) is 44.9 Å². The Balaban J connectivity index is 1.66. The molecule has 1 aromatic carbocycles. The largest absolute Gasteiger partial charge is 0.573 e. The van der Waals surface area contributed by atoms with E-state index in [1.165, 1.54) is 16.4 Å². The van der Waals surface area contributed by atoms with E-state index < -0.39 is 34.0 Å². The minimum atomic E-state index is -4.81. The molecule has 0 radical (unpaired) electrons. The molecule has 35 heavy (non-hydrogen) atoms. The number of halogens is 3. The number of carbonyl (C=O) groups excluding carboxylic acids is 2. The lowest BCUT2D eigenvalue weighted by Gasteiger charge is -2.30. The summed E-state index contributed by atoms with van der Waals surface area (Å²) in [6.07, 6.45) is -4.34. The van der Waals surface area contributed by atoms with Crippen molar-refractivity contribution in [1.82, 2.24) is 9.29 Å². The second-order valence-electron chi connectivity index (χ2n) is 8.04. The average molecular weight is 518 g/mol. The number of esters is 1. The van der Waals surface area contributed by atoms with E-state index in [-0.39, 0.29) is 54.6 Å². The summed E-state index contributed by atoms with van der Waals surface area (Å²) >= 11 is 0. The van der Waals surface area contributed by atoms with Gasteiger partial charge in [-0.2, -0.15) is 4.31 Å². The van der Waals surface area contributed by atoms with Crippen molar-refractivity contribution in [3.05, 3.63) is 41.2 Å². The summed E-state index contributed by atoms with van der Waals surface area (Å²) in [5.41, 5.74) is 0.975. The summed E-state index contributed by atoms with van der Waals surface area (Å²) in [7, 11) is -4.03. The molecule has 1 fully saturated rings. The first-order valence-corrected chi connectivity index (χ1v) is 12.3. The highest BCUT2D eigenvalue weighted by Gasteiger charge is 2.37. The van der Waals surface area contributed by atoms with Crippen LogP contribution in [0.15, 0.2) is 29.2 Å². The van der Waals surface area contributed by atoms with Gasteiger partial charge >= 0.3 is 12.3 Å². The first-order chi connectivity index (χ1) is 16.3. The summed E-state index contributed by atoms with van der Waals surface area (Å²) in [6.45, 7) is 5.00. The fraction of sp³-hybridized carbons (Fsp3) is 0.455. The summed E-state index contributed by atoms with van der Waals surface area (Å²) in [6, 6.07) is 4.74. The van der Waals surface area contributed by atoms with Crippen LogP contribution in [0.1, 0.15) is 41.5 Å². The summed E-state index contributed by atoms with van der Waals surface area (Å²) in [5.74, 6) is -2.00. The zero-order valence-electron chi connectivity index (χ0n) is 19.4. The van der Waals surface area contributed by atoms with Crippen molar-refractivity contribution < 1.29 is 40.7 Å². The van der Waals surface area contributed by atoms with E-state index in [0.717, 1.165) is 12.1 Å². The molecule has 0 saturated carbocycles. The number of rotatable bonds is 7. The number of anilines is 1. The van der Waals surface area contributed by atoms with Gasteiger partial charge in [0.1, 0.15) is 16.2 Å². The fourth-order valence-corrected chi connectivity index (χ4v) is 5.88. The van der Waals surface area contributed by atoms with Gasteiger partial charge < -0.3 is 19.8 Å². The van der Waals surface area contributed by atoms with Gasteiger partial charge in [-0.15, -0.1) is 13.2 Å². The number of aromatic amines is 1. The maximum absolute atomic E-state index is 13.4. The van der Waals surface area contributed by atoms with Crippen LogP contribution in [-0.4, -0.2) is 55.6 Å². The number of aryl methyl sites for hydroxylation is 2.